The Labute approximate surface area is 316 Å². The topological polar surface area (TPSA) is 427 Å². The number of hydrogen-bond acceptors (Lipinski definition) is 26. The van der Waals surface area contributed by atoms with Crippen molar-refractivity contribution in [3.8, 4) is 0 Å². The molecule has 5 aliphatic heterocycles. The molecule has 5 heterocycles. The normalized spacial score (nSPS) is 52.3. The van der Waals surface area contributed by atoms with E-state index in [-0.39, 0.29) is 0 Å². The number of aliphatic hydroxyl groups is 17. The molecule has 21 atom stereocenters. The summed E-state index contributed by atoms with van der Waals surface area (Å²) in [6.07, 6.45) is -32.4. The second-order valence-electron chi connectivity index (χ2n) is 14.2. The molecule has 0 bridgehead atoms. The molecule has 26 nitrogen and oxygen atoms in total. The van der Waals surface area contributed by atoms with E-state index < -0.39 is 187 Å². The molecule has 0 saturated carbocycles. The lowest BCUT2D eigenvalue weighted by Gasteiger charge is -2.44. The lowest BCUT2D eigenvalue weighted by Crippen LogP contribution is -2.63. The molecule has 0 amide bonds. The second kappa shape index (κ2) is 17.9. The predicted molar refractivity (Wildman–Crippen MR) is 167 cm³/mol. The Morgan fingerprint density at radius 3 is 1.21 bits per heavy atom. The first-order valence-electron chi connectivity index (χ1n) is 17.5. The Kier molecular flexibility index (Phi) is 14.7. The first-order valence-corrected chi connectivity index (χ1v) is 17.5. The van der Waals surface area contributed by atoms with Gasteiger partial charge in [0.15, 0.2) is 6.29 Å². The monoisotopic (exact) mass is 828 g/mol. The smallest absolute Gasteiger partial charge is 0.224 e. The van der Waals surface area contributed by atoms with Gasteiger partial charge in [0.1, 0.15) is 124 Å². The molecule has 0 spiro atoms. The highest BCUT2D eigenvalue weighted by molar-refractivity contribution is 5.04. The summed E-state index contributed by atoms with van der Waals surface area (Å²) in [5.74, 6) is -10.6. The minimum Gasteiger partial charge on any atom is -0.394 e. The third kappa shape index (κ3) is 7.97. The fourth-order valence-corrected chi connectivity index (χ4v) is 7.16. The van der Waals surface area contributed by atoms with Gasteiger partial charge in [0.25, 0.3) is 0 Å². The Morgan fingerprint density at radius 1 is 0.375 bits per heavy atom. The van der Waals surface area contributed by atoms with Gasteiger partial charge in [-0.2, -0.15) is 0 Å². The molecule has 0 aliphatic carbocycles. The van der Waals surface area contributed by atoms with E-state index in [1.54, 1.807) is 0 Å². The Bertz CT molecular complexity index is 1270. The first-order chi connectivity index (χ1) is 26.4. The van der Waals surface area contributed by atoms with Crippen LogP contribution >= 0.6 is 0 Å². The summed E-state index contributed by atoms with van der Waals surface area (Å²) in [4.78, 5) is 0. The Morgan fingerprint density at radius 2 is 0.750 bits per heavy atom. The van der Waals surface area contributed by atoms with Gasteiger partial charge in [0.2, 0.25) is 23.1 Å². The zero-order valence-corrected chi connectivity index (χ0v) is 29.5. The van der Waals surface area contributed by atoms with Crippen molar-refractivity contribution in [1.82, 2.24) is 0 Å². The van der Waals surface area contributed by atoms with Crippen molar-refractivity contribution in [2.75, 3.05) is 59.5 Å². The summed E-state index contributed by atoms with van der Waals surface area (Å²) >= 11 is 0. The van der Waals surface area contributed by atoms with E-state index >= 15 is 0 Å². The van der Waals surface area contributed by atoms with Crippen LogP contribution < -0.4 is 0 Å². The van der Waals surface area contributed by atoms with Gasteiger partial charge in [-0.05, 0) is 0 Å². The van der Waals surface area contributed by atoms with E-state index in [0.717, 1.165) is 0 Å². The molecule has 5 aliphatic rings. The van der Waals surface area contributed by atoms with Crippen LogP contribution in [0.3, 0.4) is 0 Å². The van der Waals surface area contributed by atoms with E-state index in [9.17, 15) is 86.8 Å². The minimum absolute atomic E-state index is 0.821. The van der Waals surface area contributed by atoms with Crippen LogP contribution in [0.1, 0.15) is 0 Å². The maximum Gasteiger partial charge on any atom is 0.224 e. The highest BCUT2D eigenvalue weighted by atomic mass is 16.8. The molecule has 0 radical (unpaired) electrons. The molecule has 5 fully saturated rings. The van der Waals surface area contributed by atoms with Crippen LogP contribution in [0.4, 0.5) is 0 Å². The maximum absolute atomic E-state index is 11.5. The molecule has 0 aromatic heterocycles. The fourth-order valence-electron chi connectivity index (χ4n) is 7.16. The van der Waals surface area contributed by atoms with Crippen LogP contribution in [0, 0.1) is 0 Å². The number of aliphatic hydroxyl groups excluding tert-OH is 17. The van der Waals surface area contributed by atoms with Crippen LogP contribution in [-0.2, 0) is 42.6 Å². The van der Waals surface area contributed by atoms with Crippen LogP contribution in [-0.4, -0.2) is 273 Å². The van der Waals surface area contributed by atoms with E-state index in [0.29, 0.717) is 0 Å². The van der Waals surface area contributed by atoms with Gasteiger partial charge in [-0.1, -0.05) is 0 Å². The predicted octanol–water partition coefficient (Wildman–Crippen LogP) is -11.9. The van der Waals surface area contributed by atoms with Crippen molar-refractivity contribution in [1.29, 1.82) is 0 Å². The number of ether oxygens (including phenoxy) is 9. The second-order valence-corrected chi connectivity index (χ2v) is 14.2. The lowest BCUT2D eigenvalue weighted by molar-refractivity contribution is -0.405. The molecule has 26 heteroatoms. The summed E-state index contributed by atoms with van der Waals surface area (Å²) in [5, 5.41) is 177. The summed E-state index contributed by atoms with van der Waals surface area (Å²) in [6.45, 7) is -9.36. The molecule has 56 heavy (non-hydrogen) atoms. The van der Waals surface area contributed by atoms with Crippen LogP contribution in [0.2, 0.25) is 0 Å². The molecule has 17 N–H and O–H groups in total. The van der Waals surface area contributed by atoms with E-state index in [2.05, 4.69) is 0 Å². The summed E-state index contributed by atoms with van der Waals surface area (Å²) in [6, 6.07) is 0. The van der Waals surface area contributed by atoms with E-state index in [1.807, 2.05) is 0 Å². The van der Waals surface area contributed by atoms with Crippen molar-refractivity contribution >= 4 is 0 Å². The van der Waals surface area contributed by atoms with Crippen molar-refractivity contribution in [3.63, 3.8) is 0 Å². The van der Waals surface area contributed by atoms with Gasteiger partial charge < -0.3 is 129 Å². The van der Waals surface area contributed by atoms with Crippen molar-refractivity contribution < 1.29 is 129 Å². The third-order valence-electron chi connectivity index (χ3n) is 10.7. The number of hydrogen-bond donors (Lipinski definition) is 17. The summed E-state index contributed by atoms with van der Waals surface area (Å²) < 4.78 is 50.3. The van der Waals surface area contributed by atoms with Crippen LogP contribution in [0.25, 0.3) is 0 Å². The zero-order chi connectivity index (χ0) is 41.5. The Balaban J connectivity index is 1.47. The molecule has 5 saturated heterocycles. The molecular formula is C30H52O26. The average Bonchev–Trinajstić information content (AvgIpc) is 3.80. The molecule has 328 valence electrons. The minimum atomic E-state index is -2.83. The van der Waals surface area contributed by atoms with Crippen molar-refractivity contribution in [2.45, 2.75) is 127 Å². The summed E-state index contributed by atoms with van der Waals surface area (Å²) in [5.41, 5.74) is 0. The van der Waals surface area contributed by atoms with Crippen LogP contribution in [0.5, 0.6) is 0 Å². The standard InChI is InChI=1S/C30H52O26/c31-1-10-15(37)20(42)21(43)26(51-10)56-30(25(47)18(40)13(4-34)54-30)9-50-29(8-49-28(7-36)23(45)17(39)12(3-33)53-28)24(46)19(41)14(55-29)5-48-27(6-35)22(44)16(38)11(2-32)52-27/h10-26,31-47H,1-9H2/t10-,11-,12-,13+,14-,15-,16-,17-,18-,19-,20+,21-,22+,23+,24+,25+,26-,27-,28-,29-,30-/m1/s1. The quantitative estimate of drug-likeness (QED) is 0.0647. The average molecular weight is 829 g/mol. The highest BCUT2D eigenvalue weighted by Crippen LogP contribution is 2.43. The molecule has 5 rings (SSSR count). The molecule has 0 unspecified atom stereocenters. The van der Waals surface area contributed by atoms with Gasteiger partial charge in [0.05, 0.1) is 33.0 Å². The van der Waals surface area contributed by atoms with Gasteiger partial charge in [0, 0.05) is 0 Å². The highest BCUT2D eigenvalue weighted by Gasteiger charge is 2.65. The molecule has 0 aromatic carbocycles. The van der Waals surface area contributed by atoms with Crippen molar-refractivity contribution in [3.05, 3.63) is 0 Å². The third-order valence-corrected chi connectivity index (χ3v) is 10.7. The van der Waals surface area contributed by atoms with Crippen molar-refractivity contribution in [2.24, 2.45) is 0 Å². The molecular weight excluding hydrogens is 776 g/mol. The largest absolute Gasteiger partial charge is 0.394 e. The van der Waals surface area contributed by atoms with Gasteiger partial charge in [-0.3, -0.25) is 0 Å². The van der Waals surface area contributed by atoms with E-state index in [4.69, 9.17) is 42.6 Å². The Hall–Kier alpha value is -1.04. The zero-order valence-electron chi connectivity index (χ0n) is 29.5. The molecule has 0 aromatic rings. The lowest BCUT2D eigenvalue weighted by atomic mass is 9.99. The maximum atomic E-state index is 11.5. The first kappa shape index (κ1) is 46.0. The van der Waals surface area contributed by atoms with Crippen LogP contribution in [0.15, 0.2) is 0 Å². The van der Waals surface area contributed by atoms with Gasteiger partial charge >= 0.3 is 0 Å². The summed E-state index contributed by atoms with van der Waals surface area (Å²) in [7, 11) is 0. The van der Waals surface area contributed by atoms with E-state index in [1.165, 1.54) is 0 Å². The van der Waals surface area contributed by atoms with Gasteiger partial charge in [-0.15, -0.1) is 0 Å². The van der Waals surface area contributed by atoms with Gasteiger partial charge in [-0.25, -0.2) is 0 Å². The number of rotatable bonds is 17. The SMILES string of the molecule is OC[C@@H]1O[C@](CO[C@]2(CO[C@]3(CO)O[C@H](CO)[C@@H](O)[C@@H]3O)O[C@H](CO[C@]3(CO)O[C@H](CO)[C@@H](O)[C@@H]3O)[C@@H](O)[C@@H]2O)(O[C@H]2O[C@H](CO)[C@@H](O)[C@H](O)[C@H]2O)[C@@H](O)[C@@H]1O. The fraction of sp³-hybridized carbons (Fsp3) is 1.00.